The fourth-order valence-corrected chi connectivity index (χ4v) is 1.79. The van der Waals surface area contributed by atoms with Gasteiger partial charge >= 0.3 is 0 Å². The number of amidine groups is 1. The molecular weight excluding hydrogens is 242 g/mol. The average Bonchev–Trinajstić information content (AvgIpc) is 2.87. The number of nitrogens with one attached hydrogen (secondary N) is 1. The van der Waals surface area contributed by atoms with E-state index in [1.807, 2.05) is 49.2 Å². The molecule has 3 N–H and O–H groups in total. The van der Waals surface area contributed by atoms with Crippen LogP contribution in [0.25, 0.3) is 5.69 Å². The SMILES string of the molecule is CC(CC(=N)N)N(C)c1nnnn1-c1ccccc1. The largest absolute Gasteiger partial charge is 0.388 e. The molecule has 1 atom stereocenters. The molecule has 0 bridgehead atoms. The van der Waals surface area contributed by atoms with Crippen LogP contribution < -0.4 is 10.6 Å². The van der Waals surface area contributed by atoms with E-state index in [0.29, 0.717) is 12.4 Å². The van der Waals surface area contributed by atoms with E-state index < -0.39 is 0 Å². The number of nitrogens with two attached hydrogens (primary N) is 1. The summed E-state index contributed by atoms with van der Waals surface area (Å²) in [4.78, 5) is 1.91. The second kappa shape index (κ2) is 5.47. The lowest BCUT2D eigenvalue weighted by atomic mass is 10.2. The van der Waals surface area contributed by atoms with Crippen molar-refractivity contribution in [2.24, 2.45) is 5.73 Å². The van der Waals surface area contributed by atoms with E-state index >= 15 is 0 Å². The molecule has 0 aliphatic rings. The van der Waals surface area contributed by atoms with Crippen molar-refractivity contribution in [3.05, 3.63) is 30.3 Å². The van der Waals surface area contributed by atoms with Crippen molar-refractivity contribution < 1.29 is 0 Å². The molecular formula is C12H17N7. The first-order valence-corrected chi connectivity index (χ1v) is 5.99. The molecule has 0 saturated heterocycles. The van der Waals surface area contributed by atoms with Crippen LogP contribution in [0.15, 0.2) is 30.3 Å². The summed E-state index contributed by atoms with van der Waals surface area (Å²) in [6.07, 6.45) is 0.470. The fraction of sp³-hybridized carbons (Fsp3) is 0.333. The number of nitrogens with zero attached hydrogens (tertiary/aromatic N) is 5. The van der Waals surface area contributed by atoms with Gasteiger partial charge in [-0.1, -0.05) is 23.3 Å². The summed E-state index contributed by atoms with van der Waals surface area (Å²) in [7, 11) is 1.89. The first-order chi connectivity index (χ1) is 9.09. The Hall–Kier alpha value is -2.44. The molecule has 0 amide bonds. The van der Waals surface area contributed by atoms with E-state index in [4.69, 9.17) is 11.1 Å². The summed E-state index contributed by atoms with van der Waals surface area (Å²) in [5.74, 6) is 0.776. The zero-order chi connectivity index (χ0) is 13.8. The van der Waals surface area contributed by atoms with E-state index in [9.17, 15) is 0 Å². The molecule has 19 heavy (non-hydrogen) atoms. The second-order valence-electron chi connectivity index (χ2n) is 4.42. The predicted molar refractivity (Wildman–Crippen MR) is 73.6 cm³/mol. The van der Waals surface area contributed by atoms with Crippen molar-refractivity contribution in [1.82, 2.24) is 20.2 Å². The zero-order valence-corrected chi connectivity index (χ0v) is 11.0. The molecule has 1 heterocycles. The molecule has 0 radical (unpaired) electrons. The van der Waals surface area contributed by atoms with Crippen LogP contribution in [0.2, 0.25) is 0 Å². The van der Waals surface area contributed by atoms with Crippen molar-refractivity contribution in [1.29, 1.82) is 5.41 Å². The number of aromatic nitrogens is 4. The Morgan fingerprint density at radius 3 is 2.74 bits per heavy atom. The third-order valence-electron chi connectivity index (χ3n) is 2.95. The number of tetrazole rings is 1. The van der Waals surface area contributed by atoms with Gasteiger partial charge in [0, 0.05) is 19.5 Å². The molecule has 0 spiro atoms. The molecule has 0 aliphatic carbocycles. The standard InChI is InChI=1S/C12H17N7/c1-9(8-11(13)14)18(2)12-15-16-17-19(12)10-6-4-3-5-7-10/h3-7,9H,8H2,1-2H3,(H3,13,14). The van der Waals surface area contributed by atoms with Crippen LogP contribution in [0.4, 0.5) is 5.95 Å². The molecule has 1 aromatic heterocycles. The maximum Gasteiger partial charge on any atom is 0.250 e. The van der Waals surface area contributed by atoms with Gasteiger partial charge in [-0.05, 0) is 29.5 Å². The molecule has 1 aromatic carbocycles. The molecule has 0 aliphatic heterocycles. The minimum Gasteiger partial charge on any atom is -0.388 e. The number of anilines is 1. The van der Waals surface area contributed by atoms with Gasteiger partial charge in [0.05, 0.1) is 11.5 Å². The molecule has 7 nitrogen and oxygen atoms in total. The lowest BCUT2D eigenvalue weighted by Gasteiger charge is -2.24. The first kappa shape index (κ1) is 13.0. The van der Waals surface area contributed by atoms with E-state index in [-0.39, 0.29) is 11.9 Å². The van der Waals surface area contributed by atoms with Crippen LogP contribution in [0.1, 0.15) is 13.3 Å². The normalized spacial score (nSPS) is 12.1. The molecule has 2 rings (SSSR count). The Kier molecular flexibility index (Phi) is 3.74. The summed E-state index contributed by atoms with van der Waals surface area (Å²) in [6, 6.07) is 9.72. The van der Waals surface area contributed by atoms with Gasteiger partial charge in [-0.25, -0.2) is 0 Å². The summed E-state index contributed by atoms with van der Waals surface area (Å²) in [5.41, 5.74) is 6.32. The Balaban J connectivity index is 2.27. The van der Waals surface area contributed by atoms with Crippen LogP contribution in [0.3, 0.4) is 0 Å². The maximum atomic E-state index is 7.35. The van der Waals surface area contributed by atoms with Gasteiger partial charge in [-0.2, -0.15) is 4.68 Å². The molecule has 100 valence electrons. The van der Waals surface area contributed by atoms with Crippen molar-refractivity contribution in [2.45, 2.75) is 19.4 Å². The molecule has 2 aromatic rings. The maximum absolute atomic E-state index is 7.35. The molecule has 0 fully saturated rings. The Morgan fingerprint density at radius 2 is 2.11 bits per heavy atom. The average molecular weight is 259 g/mol. The van der Waals surface area contributed by atoms with E-state index in [2.05, 4.69) is 15.5 Å². The third-order valence-corrected chi connectivity index (χ3v) is 2.95. The van der Waals surface area contributed by atoms with Crippen molar-refractivity contribution in [2.75, 3.05) is 11.9 Å². The van der Waals surface area contributed by atoms with Gasteiger partial charge < -0.3 is 10.6 Å². The fourth-order valence-electron chi connectivity index (χ4n) is 1.79. The highest BCUT2D eigenvalue weighted by Crippen LogP contribution is 2.16. The lowest BCUT2D eigenvalue weighted by Crippen LogP contribution is -2.34. The smallest absolute Gasteiger partial charge is 0.250 e. The van der Waals surface area contributed by atoms with Gasteiger partial charge in [0.15, 0.2) is 0 Å². The van der Waals surface area contributed by atoms with Gasteiger partial charge in [-0.15, -0.1) is 0 Å². The van der Waals surface area contributed by atoms with Gasteiger partial charge in [0.25, 0.3) is 0 Å². The van der Waals surface area contributed by atoms with Crippen molar-refractivity contribution in [3.8, 4) is 5.69 Å². The summed E-state index contributed by atoms with van der Waals surface area (Å²) in [6.45, 7) is 1.98. The van der Waals surface area contributed by atoms with Crippen molar-refractivity contribution in [3.63, 3.8) is 0 Å². The first-order valence-electron chi connectivity index (χ1n) is 5.99. The highest BCUT2D eigenvalue weighted by Gasteiger charge is 2.18. The lowest BCUT2D eigenvalue weighted by molar-refractivity contribution is 0.674. The quantitative estimate of drug-likeness (QED) is 0.612. The van der Waals surface area contributed by atoms with Crippen LogP contribution in [-0.2, 0) is 0 Å². The molecule has 1 unspecified atom stereocenters. The monoisotopic (exact) mass is 259 g/mol. The van der Waals surface area contributed by atoms with Crippen molar-refractivity contribution >= 4 is 11.8 Å². The number of hydrogen-bond acceptors (Lipinski definition) is 5. The predicted octanol–water partition coefficient (Wildman–Crippen LogP) is 0.813. The second-order valence-corrected chi connectivity index (χ2v) is 4.42. The summed E-state index contributed by atoms with van der Waals surface area (Å²) < 4.78 is 1.66. The van der Waals surface area contributed by atoms with Crippen LogP contribution in [0, 0.1) is 5.41 Å². The summed E-state index contributed by atoms with van der Waals surface area (Å²) in [5, 5.41) is 19.1. The number of rotatable bonds is 5. The van der Waals surface area contributed by atoms with E-state index in [0.717, 1.165) is 5.69 Å². The minimum atomic E-state index is 0.0472. The Morgan fingerprint density at radius 1 is 1.42 bits per heavy atom. The van der Waals surface area contributed by atoms with E-state index in [1.54, 1.807) is 4.68 Å². The van der Waals surface area contributed by atoms with Gasteiger partial charge in [0.1, 0.15) is 0 Å². The minimum absolute atomic E-state index is 0.0472. The highest BCUT2D eigenvalue weighted by molar-refractivity contribution is 5.77. The topological polar surface area (TPSA) is 96.7 Å². The number of hydrogen-bond donors (Lipinski definition) is 2. The molecule has 0 saturated carbocycles. The number of benzene rings is 1. The number of para-hydroxylation sites is 1. The van der Waals surface area contributed by atoms with E-state index in [1.165, 1.54) is 0 Å². The van der Waals surface area contributed by atoms with Crippen LogP contribution in [-0.4, -0.2) is 39.1 Å². The summed E-state index contributed by atoms with van der Waals surface area (Å²) >= 11 is 0. The van der Waals surface area contributed by atoms with Gasteiger partial charge in [0.2, 0.25) is 5.95 Å². The van der Waals surface area contributed by atoms with Crippen LogP contribution in [0.5, 0.6) is 0 Å². The third kappa shape index (κ3) is 2.87. The molecule has 7 heteroatoms. The van der Waals surface area contributed by atoms with Gasteiger partial charge in [-0.3, -0.25) is 5.41 Å². The zero-order valence-electron chi connectivity index (χ0n) is 11.0. The highest BCUT2D eigenvalue weighted by atomic mass is 15.6. The Labute approximate surface area is 111 Å². The van der Waals surface area contributed by atoms with Crippen LogP contribution >= 0.6 is 0 Å². The Bertz CT molecular complexity index is 548.